The number of aryl methyl sites for hydroxylation is 1. The van der Waals surface area contributed by atoms with Gasteiger partial charge in [0, 0.05) is 6.04 Å². The molecule has 1 aliphatic rings. The zero-order valence-corrected chi connectivity index (χ0v) is 13.9. The standard InChI is InChI=1S/C19H31N/c1-6-11-20-18-12-14(2)7-8-15-9-10-16(13-17(15)18)19(3,4)5/h9-10,13-14,18,20H,6-8,11-12H2,1-5H3. The summed E-state index contributed by atoms with van der Waals surface area (Å²) in [6.07, 6.45) is 5.05. The van der Waals surface area contributed by atoms with Crippen molar-refractivity contribution in [3.05, 3.63) is 34.9 Å². The van der Waals surface area contributed by atoms with Crippen LogP contribution in [0.2, 0.25) is 0 Å². The average Bonchev–Trinajstić information content (AvgIpc) is 2.54. The monoisotopic (exact) mass is 273 g/mol. The highest BCUT2D eigenvalue weighted by Crippen LogP contribution is 2.34. The smallest absolute Gasteiger partial charge is 0.0325 e. The first-order chi connectivity index (χ1) is 9.41. The Morgan fingerprint density at radius 1 is 1.25 bits per heavy atom. The highest BCUT2D eigenvalue weighted by atomic mass is 14.9. The average molecular weight is 273 g/mol. The summed E-state index contributed by atoms with van der Waals surface area (Å²) in [5, 5.41) is 3.78. The van der Waals surface area contributed by atoms with Gasteiger partial charge in [-0.2, -0.15) is 0 Å². The minimum absolute atomic E-state index is 0.238. The molecule has 0 fully saturated rings. The van der Waals surface area contributed by atoms with E-state index in [0.717, 1.165) is 12.5 Å². The van der Waals surface area contributed by atoms with Crippen LogP contribution in [0.3, 0.4) is 0 Å². The molecule has 1 aromatic carbocycles. The molecule has 2 rings (SSSR count). The van der Waals surface area contributed by atoms with Gasteiger partial charge in [-0.25, -0.2) is 0 Å². The van der Waals surface area contributed by atoms with Crippen LogP contribution < -0.4 is 5.32 Å². The minimum Gasteiger partial charge on any atom is -0.310 e. The van der Waals surface area contributed by atoms with E-state index in [1.807, 2.05) is 0 Å². The van der Waals surface area contributed by atoms with E-state index in [-0.39, 0.29) is 5.41 Å². The second-order valence-electron chi connectivity index (χ2n) is 7.55. The Balaban J connectivity index is 2.36. The SMILES string of the molecule is CCCNC1CC(C)CCc2ccc(C(C)(C)C)cc21. The molecule has 1 aliphatic carbocycles. The largest absolute Gasteiger partial charge is 0.310 e. The van der Waals surface area contributed by atoms with Crippen LogP contribution >= 0.6 is 0 Å². The van der Waals surface area contributed by atoms with Gasteiger partial charge in [-0.1, -0.05) is 52.8 Å². The van der Waals surface area contributed by atoms with Crippen molar-refractivity contribution in [3.63, 3.8) is 0 Å². The van der Waals surface area contributed by atoms with Gasteiger partial charge in [0.1, 0.15) is 0 Å². The summed E-state index contributed by atoms with van der Waals surface area (Å²) in [7, 11) is 0. The molecule has 1 heteroatoms. The van der Waals surface area contributed by atoms with Gasteiger partial charge < -0.3 is 5.32 Å². The molecule has 0 saturated carbocycles. The van der Waals surface area contributed by atoms with Crippen molar-refractivity contribution in [3.8, 4) is 0 Å². The maximum absolute atomic E-state index is 3.78. The molecule has 20 heavy (non-hydrogen) atoms. The van der Waals surface area contributed by atoms with Crippen LogP contribution in [-0.4, -0.2) is 6.54 Å². The maximum Gasteiger partial charge on any atom is 0.0325 e. The van der Waals surface area contributed by atoms with Crippen molar-refractivity contribution >= 4 is 0 Å². The zero-order chi connectivity index (χ0) is 14.8. The molecule has 0 aromatic heterocycles. The van der Waals surface area contributed by atoms with E-state index in [9.17, 15) is 0 Å². The normalized spacial score (nSPS) is 23.2. The Morgan fingerprint density at radius 3 is 2.65 bits per heavy atom. The molecule has 0 spiro atoms. The first-order valence-electron chi connectivity index (χ1n) is 8.28. The number of hydrogen-bond acceptors (Lipinski definition) is 1. The number of nitrogens with one attached hydrogen (secondary N) is 1. The molecule has 0 radical (unpaired) electrons. The quantitative estimate of drug-likeness (QED) is 0.764. The van der Waals surface area contributed by atoms with Crippen LogP contribution in [0.5, 0.6) is 0 Å². The summed E-state index contributed by atoms with van der Waals surface area (Å²) in [6, 6.07) is 7.74. The van der Waals surface area contributed by atoms with E-state index in [2.05, 4.69) is 58.1 Å². The predicted octanol–water partition coefficient (Wildman–Crippen LogP) is 5.00. The highest BCUT2D eigenvalue weighted by molar-refractivity contribution is 5.38. The zero-order valence-electron chi connectivity index (χ0n) is 13.9. The molecular formula is C19H31N. The lowest BCUT2D eigenvalue weighted by molar-refractivity contribution is 0.408. The summed E-state index contributed by atoms with van der Waals surface area (Å²) in [6.45, 7) is 12.7. The Hall–Kier alpha value is -0.820. The molecule has 1 N–H and O–H groups in total. The van der Waals surface area contributed by atoms with E-state index in [1.54, 1.807) is 11.1 Å². The van der Waals surface area contributed by atoms with Gasteiger partial charge in [0.2, 0.25) is 0 Å². The van der Waals surface area contributed by atoms with Crippen LogP contribution in [0.15, 0.2) is 18.2 Å². The van der Waals surface area contributed by atoms with Crippen molar-refractivity contribution in [1.82, 2.24) is 5.32 Å². The lowest BCUT2D eigenvalue weighted by atomic mass is 9.83. The fourth-order valence-corrected chi connectivity index (χ4v) is 3.17. The van der Waals surface area contributed by atoms with Gasteiger partial charge >= 0.3 is 0 Å². The van der Waals surface area contributed by atoms with Gasteiger partial charge in [0.05, 0.1) is 0 Å². The number of hydrogen-bond donors (Lipinski definition) is 1. The Morgan fingerprint density at radius 2 is 2.00 bits per heavy atom. The fraction of sp³-hybridized carbons (Fsp3) is 0.684. The van der Waals surface area contributed by atoms with Crippen LogP contribution in [-0.2, 0) is 11.8 Å². The minimum atomic E-state index is 0.238. The van der Waals surface area contributed by atoms with Crippen LogP contribution in [0.1, 0.15) is 76.6 Å². The van der Waals surface area contributed by atoms with E-state index >= 15 is 0 Å². The molecular weight excluding hydrogens is 242 g/mol. The summed E-state index contributed by atoms with van der Waals surface area (Å²) < 4.78 is 0. The molecule has 0 saturated heterocycles. The fourth-order valence-electron chi connectivity index (χ4n) is 3.17. The van der Waals surface area contributed by atoms with Crippen molar-refractivity contribution in [2.24, 2.45) is 5.92 Å². The summed E-state index contributed by atoms with van der Waals surface area (Å²) in [5.74, 6) is 0.815. The van der Waals surface area contributed by atoms with Crippen molar-refractivity contribution < 1.29 is 0 Å². The third-order valence-corrected chi connectivity index (χ3v) is 4.57. The molecule has 0 amide bonds. The lowest BCUT2D eigenvalue weighted by Crippen LogP contribution is -2.24. The second kappa shape index (κ2) is 6.30. The van der Waals surface area contributed by atoms with Crippen LogP contribution in [0.4, 0.5) is 0 Å². The van der Waals surface area contributed by atoms with Crippen molar-refractivity contribution in [2.45, 2.75) is 71.8 Å². The van der Waals surface area contributed by atoms with Gasteiger partial charge in [0.15, 0.2) is 0 Å². The van der Waals surface area contributed by atoms with E-state index in [1.165, 1.54) is 31.2 Å². The molecule has 1 aromatic rings. The molecule has 112 valence electrons. The van der Waals surface area contributed by atoms with Crippen LogP contribution in [0, 0.1) is 5.92 Å². The molecule has 2 atom stereocenters. The van der Waals surface area contributed by atoms with Crippen molar-refractivity contribution in [1.29, 1.82) is 0 Å². The second-order valence-corrected chi connectivity index (χ2v) is 7.55. The number of benzene rings is 1. The van der Waals surface area contributed by atoms with Crippen LogP contribution in [0.25, 0.3) is 0 Å². The predicted molar refractivity (Wildman–Crippen MR) is 88.3 cm³/mol. The van der Waals surface area contributed by atoms with Gasteiger partial charge in [-0.15, -0.1) is 0 Å². The van der Waals surface area contributed by atoms with Gasteiger partial charge in [-0.05, 0) is 60.3 Å². The third-order valence-electron chi connectivity index (χ3n) is 4.57. The molecule has 1 nitrogen and oxygen atoms in total. The molecule has 0 aliphatic heterocycles. The van der Waals surface area contributed by atoms with Gasteiger partial charge in [-0.3, -0.25) is 0 Å². The van der Waals surface area contributed by atoms with E-state index in [0.29, 0.717) is 6.04 Å². The summed E-state index contributed by atoms with van der Waals surface area (Å²) >= 11 is 0. The topological polar surface area (TPSA) is 12.0 Å². The Kier molecular flexibility index (Phi) is 4.90. The summed E-state index contributed by atoms with van der Waals surface area (Å²) in [5.41, 5.74) is 4.84. The van der Waals surface area contributed by atoms with E-state index in [4.69, 9.17) is 0 Å². The Bertz CT molecular complexity index is 442. The van der Waals surface area contributed by atoms with Crippen molar-refractivity contribution in [2.75, 3.05) is 6.54 Å². The Labute approximate surface area is 125 Å². The number of rotatable bonds is 3. The lowest BCUT2D eigenvalue weighted by Gasteiger charge is -2.25. The maximum atomic E-state index is 3.78. The summed E-state index contributed by atoms with van der Waals surface area (Å²) in [4.78, 5) is 0. The number of fused-ring (bicyclic) bond motifs is 1. The van der Waals surface area contributed by atoms with E-state index < -0.39 is 0 Å². The molecule has 0 bridgehead atoms. The molecule has 2 unspecified atom stereocenters. The molecule has 0 heterocycles. The first kappa shape index (κ1) is 15.6. The first-order valence-corrected chi connectivity index (χ1v) is 8.28. The third kappa shape index (κ3) is 3.63. The van der Waals surface area contributed by atoms with Gasteiger partial charge in [0.25, 0.3) is 0 Å². The highest BCUT2D eigenvalue weighted by Gasteiger charge is 2.24.